The summed E-state index contributed by atoms with van der Waals surface area (Å²) in [4.78, 5) is 41.0. The second-order valence-corrected chi connectivity index (χ2v) is 6.21. The number of aliphatic hydroxyl groups is 3. The molecule has 0 amide bonds. The van der Waals surface area contributed by atoms with Crippen molar-refractivity contribution in [2.45, 2.75) is 24.1 Å². The molecule has 0 aromatic rings. The minimum absolute atomic E-state index is 0. The molecule has 0 saturated carbocycles. The molecule has 22 heavy (non-hydrogen) atoms. The van der Waals surface area contributed by atoms with Crippen molar-refractivity contribution in [1.29, 1.82) is 0 Å². The average Bonchev–Trinajstić information content (AvgIpc) is 2.48. The van der Waals surface area contributed by atoms with Gasteiger partial charge in [-0.2, -0.15) is 0 Å². The zero-order chi connectivity index (χ0) is 15.8. The summed E-state index contributed by atoms with van der Waals surface area (Å²) in [6.45, 7) is -2.37. The second kappa shape index (κ2) is 10.5. The van der Waals surface area contributed by atoms with Crippen LogP contribution in [0, 0.1) is 0 Å². The normalized spacial score (nSPS) is 32.2. The minimum atomic E-state index is -5.48. The second-order valence-electron chi connectivity index (χ2n) is 3.90. The molecule has 1 saturated heterocycles. The Kier molecular flexibility index (Phi) is 13.1. The Bertz CT molecular complexity index is 437. The molecule has 1 aliphatic heterocycles. The van der Waals surface area contributed by atoms with Crippen molar-refractivity contribution in [2.75, 3.05) is 13.2 Å². The predicted molar refractivity (Wildman–Crippen MR) is 60.5 cm³/mol. The molecule has 1 fully saturated rings. The van der Waals surface area contributed by atoms with Gasteiger partial charge in [-0.05, 0) is 0 Å². The van der Waals surface area contributed by atoms with Gasteiger partial charge in [-0.3, -0.25) is 0 Å². The zero-order valence-electron chi connectivity index (χ0n) is 11.0. The first-order chi connectivity index (χ1) is 8.84. The third-order valence-corrected chi connectivity index (χ3v) is 3.26. The summed E-state index contributed by atoms with van der Waals surface area (Å²) >= 11 is 0. The standard InChI is InChI=1S/C6H14O12P2.2Ba/c7-4-3(1-16-19(10,11)12)18-6(9,5(4)8)2-17-20(13,14)15;;/h3-5,7-9H,1-2H2,(H2,10,11,12)(H2,13,14,15);;/q;2*+2/p-4/t3-,4-,5+,6+;;/m1../s1. The van der Waals surface area contributed by atoms with Crippen LogP contribution in [0.25, 0.3) is 0 Å². The summed E-state index contributed by atoms with van der Waals surface area (Å²) in [5.74, 6) is -2.78. The number of ether oxygens (including phenoxy) is 1. The summed E-state index contributed by atoms with van der Waals surface area (Å²) in [7, 11) is -10.9. The van der Waals surface area contributed by atoms with E-state index in [2.05, 4.69) is 13.8 Å². The van der Waals surface area contributed by atoms with Gasteiger partial charge in [0.15, 0.2) is 0 Å². The number of phosphoric ester groups is 2. The van der Waals surface area contributed by atoms with E-state index in [1.807, 2.05) is 0 Å². The molecule has 1 rings (SSSR count). The van der Waals surface area contributed by atoms with Crippen molar-refractivity contribution in [2.24, 2.45) is 0 Å². The molecule has 1 heterocycles. The third-order valence-electron chi connectivity index (χ3n) is 2.35. The molecule has 0 spiro atoms. The van der Waals surface area contributed by atoms with E-state index in [0.717, 1.165) is 0 Å². The van der Waals surface area contributed by atoms with Gasteiger partial charge in [0.25, 0.3) is 0 Å². The quantitative estimate of drug-likeness (QED) is 0.189. The van der Waals surface area contributed by atoms with E-state index in [-0.39, 0.29) is 97.8 Å². The van der Waals surface area contributed by atoms with Crippen LogP contribution in [0.1, 0.15) is 0 Å². The number of phosphoric acid groups is 2. The molecule has 0 aromatic carbocycles. The Morgan fingerprint density at radius 1 is 1.05 bits per heavy atom. The van der Waals surface area contributed by atoms with Crippen LogP contribution in [-0.4, -0.2) is 150 Å². The maximum atomic E-state index is 10.3. The van der Waals surface area contributed by atoms with Crippen LogP contribution in [0.2, 0.25) is 0 Å². The number of aliphatic hydroxyl groups excluding tert-OH is 2. The molecular formula is C6H10Ba2O12P2. The van der Waals surface area contributed by atoms with Gasteiger partial charge in [-0.1, -0.05) is 0 Å². The molecule has 4 atom stereocenters. The van der Waals surface area contributed by atoms with Crippen LogP contribution in [-0.2, 0) is 22.9 Å². The van der Waals surface area contributed by atoms with E-state index in [1.54, 1.807) is 0 Å². The van der Waals surface area contributed by atoms with Gasteiger partial charge in [-0.25, -0.2) is 0 Å². The van der Waals surface area contributed by atoms with E-state index < -0.39 is 53.0 Å². The van der Waals surface area contributed by atoms with Crippen molar-refractivity contribution in [3.63, 3.8) is 0 Å². The SMILES string of the molecule is O=P([O-])([O-])OC[C@H]1O[C@@](O)(COP(=O)([O-])[O-])[C@@H](O)[C@@H]1O.[Ba+2].[Ba+2]. The van der Waals surface area contributed by atoms with E-state index in [1.165, 1.54) is 0 Å². The molecule has 12 nitrogen and oxygen atoms in total. The largest absolute Gasteiger partial charge is 2.00 e. The van der Waals surface area contributed by atoms with Crippen molar-refractivity contribution in [3.05, 3.63) is 0 Å². The fourth-order valence-electron chi connectivity index (χ4n) is 1.46. The molecule has 3 N–H and O–H groups in total. The minimum Gasteiger partial charge on any atom is -0.790 e. The van der Waals surface area contributed by atoms with Crippen molar-refractivity contribution in [1.82, 2.24) is 0 Å². The van der Waals surface area contributed by atoms with Crippen LogP contribution >= 0.6 is 15.6 Å². The van der Waals surface area contributed by atoms with Crippen LogP contribution in [0.5, 0.6) is 0 Å². The van der Waals surface area contributed by atoms with Gasteiger partial charge in [0.2, 0.25) is 5.79 Å². The van der Waals surface area contributed by atoms with Gasteiger partial charge in [0.1, 0.15) is 24.9 Å². The van der Waals surface area contributed by atoms with Crippen molar-refractivity contribution < 1.29 is 57.8 Å². The van der Waals surface area contributed by atoms with Crippen LogP contribution in [0.3, 0.4) is 0 Å². The Morgan fingerprint density at radius 2 is 1.50 bits per heavy atom. The van der Waals surface area contributed by atoms with Gasteiger partial charge in [0.05, 0.1) is 22.3 Å². The average molecular weight is 611 g/mol. The molecule has 0 radical (unpaired) electrons. The summed E-state index contributed by atoms with van der Waals surface area (Å²) in [6, 6.07) is 0. The van der Waals surface area contributed by atoms with E-state index >= 15 is 0 Å². The molecule has 0 aliphatic carbocycles. The first kappa shape index (κ1) is 27.4. The Hall–Kier alpha value is 3.20. The molecule has 0 unspecified atom stereocenters. The summed E-state index contributed by atoms with van der Waals surface area (Å²) in [6.07, 6.45) is -5.69. The Labute approximate surface area is 205 Å². The summed E-state index contributed by atoms with van der Waals surface area (Å²) in [5, 5.41) is 28.5. The molecule has 0 aromatic heterocycles. The monoisotopic (exact) mass is 612 g/mol. The molecule has 120 valence electrons. The first-order valence-corrected chi connectivity index (χ1v) is 7.86. The van der Waals surface area contributed by atoms with Crippen LogP contribution in [0.15, 0.2) is 0 Å². The van der Waals surface area contributed by atoms with Crippen LogP contribution < -0.4 is 19.6 Å². The van der Waals surface area contributed by atoms with E-state index in [9.17, 15) is 44.0 Å². The molecule has 1 aliphatic rings. The smallest absolute Gasteiger partial charge is 0.790 e. The Morgan fingerprint density at radius 3 is 1.91 bits per heavy atom. The van der Waals surface area contributed by atoms with Crippen LogP contribution in [0.4, 0.5) is 0 Å². The topological polar surface area (TPSA) is 215 Å². The maximum Gasteiger partial charge on any atom is 2.00 e. The molecule has 0 bridgehead atoms. The number of rotatable bonds is 6. The van der Waals surface area contributed by atoms with Gasteiger partial charge < -0.3 is 57.8 Å². The summed E-state index contributed by atoms with van der Waals surface area (Å²) < 4.78 is 32.6. The third kappa shape index (κ3) is 9.23. The molecule has 16 heteroatoms. The zero-order valence-corrected chi connectivity index (χ0v) is 21.6. The van der Waals surface area contributed by atoms with Gasteiger partial charge >= 0.3 is 97.8 Å². The molecular weight excluding hydrogens is 601 g/mol. The fourth-order valence-corrected chi connectivity index (χ4v) is 2.13. The summed E-state index contributed by atoms with van der Waals surface area (Å²) in [5.41, 5.74) is 0. The van der Waals surface area contributed by atoms with Gasteiger partial charge in [0, 0.05) is 0 Å². The van der Waals surface area contributed by atoms with Gasteiger partial charge in [-0.15, -0.1) is 0 Å². The number of hydrogen-bond acceptors (Lipinski definition) is 12. The van der Waals surface area contributed by atoms with Crippen molar-refractivity contribution in [3.8, 4) is 0 Å². The van der Waals surface area contributed by atoms with E-state index in [4.69, 9.17) is 0 Å². The Balaban J connectivity index is 0. The number of hydrogen-bond donors (Lipinski definition) is 3. The first-order valence-electron chi connectivity index (χ1n) is 4.93. The predicted octanol–water partition coefficient (Wildman–Crippen LogP) is -6.28. The van der Waals surface area contributed by atoms with E-state index in [0.29, 0.717) is 0 Å². The maximum absolute atomic E-state index is 10.3. The van der Waals surface area contributed by atoms with Crippen molar-refractivity contribution >= 4 is 113 Å². The fraction of sp³-hybridized carbons (Fsp3) is 1.00.